The van der Waals surface area contributed by atoms with Gasteiger partial charge in [0.1, 0.15) is 5.82 Å². The highest BCUT2D eigenvalue weighted by molar-refractivity contribution is 5.74. The van der Waals surface area contributed by atoms with E-state index in [1.165, 1.54) is 5.56 Å². The van der Waals surface area contributed by atoms with Crippen LogP contribution in [-0.2, 0) is 13.0 Å². The average molecular weight is 339 g/mol. The summed E-state index contributed by atoms with van der Waals surface area (Å²) in [4.78, 5) is 7.95. The van der Waals surface area contributed by atoms with E-state index in [0.717, 1.165) is 47.9 Å². The van der Waals surface area contributed by atoms with Crippen molar-refractivity contribution in [2.24, 2.45) is 0 Å². The maximum atomic E-state index is 5.67. The molecule has 0 saturated carbocycles. The Hall–Kier alpha value is -2.53. The highest BCUT2D eigenvalue weighted by atomic mass is 16.5. The summed E-state index contributed by atoms with van der Waals surface area (Å²) in [7, 11) is 0. The fraction of sp³-hybridized carbons (Fsp3) is 0.350. The number of fused-ring (bicyclic) bond motifs is 1. The van der Waals surface area contributed by atoms with Gasteiger partial charge in [-0.15, -0.1) is 0 Å². The van der Waals surface area contributed by atoms with Gasteiger partial charge in [0.25, 0.3) is 0 Å². The molecule has 0 aliphatic rings. The zero-order valence-corrected chi connectivity index (χ0v) is 14.8. The molecule has 0 amide bonds. The lowest BCUT2D eigenvalue weighted by Gasteiger charge is -2.12. The van der Waals surface area contributed by atoms with Crippen molar-refractivity contribution < 1.29 is 9.47 Å². The zero-order chi connectivity index (χ0) is 17.5. The lowest BCUT2D eigenvalue weighted by molar-refractivity contribution is 0.287. The molecule has 132 valence electrons. The van der Waals surface area contributed by atoms with Gasteiger partial charge in [0.05, 0.1) is 24.2 Å². The summed E-state index contributed by atoms with van der Waals surface area (Å²) in [6.07, 6.45) is 0.865. The van der Waals surface area contributed by atoms with Crippen LogP contribution in [-0.4, -0.2) is 29.7 Å². The van der Waals surface area contributed by atoms with E-state index in [4.69, 9.17) is 9.47 Å². The number of aromatic amines is 1. The lowest BCUT2D eigenvalue weighted by Crippen LogP contribution is -2.17. The van der Waals surface area contributed by atoms with E-state index in [1.54, 1.807) is 0 Å². The van der Waals surface area contributed by atoms with Crippen LogP contribution in [0.15, 0.2) is 42.5 Å². The number of hydrogen-bond acceptors (Lipinski definition) is 4. The highest BCUT2D eigenvalue weighted by Crippen LogP contribution is 2.28. The van der Waals surface area contributed by atoms with Crippen molar-refractivity contribution in [3.63, 3.8) is 0 Å². The number of rotatable bonds is 9. The largest absolute Gasteiger partial charge is 0.490 e. The van der Waals surface area contributed by atoms with Crippen LogP contribution in [0.4, 0.5) is 0 Å². The lowest BCUT2D eigenvalue weighted by atomic mass is 10.2. The monoisotopic (exact) mass is 339 g/mol. The van der Waals surface area contributed by atoms with Crippen molar-refractivity contribution >= 4 is 11.0 Å². The molecular formula is C20H25N3O2. The van der Waals surface area contributed by atoms with E-state index in [1.807, 2.05) is 44.2 Å². The number of nitrogens with one attached hydrogen (secondary N) is 2. The first-order valence-corrected chi connectivity index (χ1v) is 8.83. The maximum Gasteiger partial charge on any atom is 0.161 e. The molecule has 0 bridgehead atoms. The van der Waals surface area contributed by atoms with Gasteiger partial charge in [-0.2, -0.15) is 0 Å². The Bertz CT molecular complexity index is 781. The van der Waals surface area contributed by atoms with Gasteiger partial charge < -0.3 is 19.8 Å². The van der Waals surface area contributed by atoms with Crippen LogP contribution < -0.4 is 14.8 Å². The Morgan fingerprint density at radius 1 is 1.00 bits per heavy atom. The van der Waals surface area contributed by atoms with Gasteiger partial charge in [0.15, 0.2) is 11.5 Å². The Morgan fingerprint density at radius 2 is 1.80 bits per heavy atom. The fourth-order valence-corrected chi connectivity index (χ4v) is 2.77. The summed E-state index contributed by atoms with van der Waals surface area (Å²) >= 11 is 0. The number of para-hydroxylation sites is 2. The number of imidazole rings is 1. The number of nitrogens with zero attached hydrogens (tertiary/aromatic N) is 1. The second-order valence-electron chi connectivity index (χ2n) is 5.77. The third kappa shape index (κ3) is 4.51. The Morgan fingerprint density at radius 3 is 2.60 bits per heavy atom. The molecule has 2 N–H and O–H groups in total. The van der Waals surface area contributed by atoms with Gasteiger partial charge in [-0.05, 0) is 43.7 Å². The van der Waals surface area contributed by atoms with Gasteiger partial charge >= 0.3 is 0 Å². The molecule has 0 spiro atoms. The highest BCUT2D eigenvalue weighted by Gasteiger charge is 2.06. The van der Waals surface area contributed by atoms with Crippen molar-refractivity contribution in [3.8, 4) is 11.5 Å². The van der Waals surface area contributed by atoms with E-state index in [9.17, 15) is 0 Å². The standard InChI is InChI=1S/C20H25N3O2/c1-3-24-18-10-9-15(13-19(18)25-4-2)14-21-12-11-20-22-16-7-5-6-8-17(16)23-20/h5-10,13,21H,3-4,11-12,14H2,1-2H3,(H,22,23). The number of benzene rings is 2. The van der Waals surface area contributed by atoms with Crippen molar-refractivity contribution in [3.05, 3.63) is 53.9 Å². The molecule has 1 heterocycles. The topological polar surface area (TPSA) is 59.2 Å². The first kappa shape index (κ1) is 17.3. The molecule has 3 rings (SSSR count). The summed E-state index contributed by atoms with van der Waals surface area (Å²) in [5, 5.41) is 3.46. The van der Waals surface area contributed by atoms with Gasteiger partial charge in [-0.25, -0.2) is 4.98 Å². The molecule has 0 saturated heterocycles. The predicted molar refractivity (Wildman–Crippen MR) is 100 cm³/mol. The second kappa shape index (κ2) is 8.53. The molecule has 0 aliphatic carbocycles. The van der Waals surface area contributed by atoms with Crippen LogP contribution >= 0.6 is 0 Å². The van der Waals surface area contributed by atoms with Crippen LogP contribution in [0.3, 0.4) is 0 Å². The molecule has 0 radical (unpaired) electrons. The van der Waals surface area contributed by atoms with Crippen LogP contribution in [0.25, 0.3) is 11.0 Å². The molecule has 3 aromatic rings. The molecule has 2 aromatic carbocycles. The quantitative estimate of drug-likeness (QED) is 0.584. The Balaban J connectivity index is 1.53. The number of hydrogen-bond donors (Lipinski definition) is 2. The summed E-state index contributed by atoms with van der Waals surface area (Å²) in [6.45, 7) is 6.86. The van der Waals surface area contributed by atoms with Crippen LogP contribution in [0.2, 0.25) is 0 Å². The third-order valence-corrected chi connectivity index (χ3v) is 3.91. The van der Waals surface area contributed by atoms with Crippen LogP contribution in [0.1, 0.15) is 25.2 Å². The molecule has 5 heteroatoms. The summed E-state index contributed by atoms with van der Waals surface area (Å²) in [6, 6.07) is 14.2. The van der Waals surface area contributed by atoms with Crippen molar-refractivity contribution in [2.45, 2.75) is 26.8 Å². The fourth-order valence-electron chi connectivity index (χ4n) is 2.77. The van der Waals surface area contributed by atoms with E-state index in [0.29, 0.717) is 13.2 Å². The van der Waals surface area contributed by atoms with E-state index in [2.05, 4.69) is 27.4 Å². The molecule has 5 nitrogen and oxygen atoms in total. The number of ether oxygens (including phenoxy) is 2. The zero-order valence-electron chi connectivity index (χ0n) is 14.8. The van der Waals surface area contributed by atoms with Gasteiger partial charge in [0, 0.05) is 19.5 Å². The first-order chi connectivity index (χ1) is 12.3. The predicted octanol–water partition coefficient (Wildman–Crippen LogP) is 3.69. The Kier molecular flexibility index (Phi) is 5.90. The minimum absolute atomic E-state index is 0.628. The van der Waals surface area contributed by atoms with Crippen LogP contribution in [0, 0.1) is 0 Å². The third-order valence-electron chi connectivity index (χ3n) is 3.91. The number of H-pyrrole nitrogens is 1. The van der Waals surface area contributed by atoms with Gasteiger partial charge in [-0.1, -0.05) is 18.2 Å². The SMILES string of the molecule is CCOc1ccc(CNCCc2nc3ccccc3[nH]2)cc1OCC. The van der Waals surface area contributed by atoms with Gasteiger partial charge in [0.2, 0.25) is 0 Å². The molecule has 0 aliphatic heterocycles. The molecule has 0 atom stereocenters. The summed E-state index contributed by atoms with van der Waals surface area (Å²) in [5.41, 5.74) is 3.28. The first-order valence-electron chi connectivity index (χ1n) is 8.83. The van der Waals surface area contributed by atoms with E-state index >= 15 is 0 Å². The second-order valence-corrected chi connectivity index (χ2v) is 5.77. The maximum absolute atomic E-state index is 5.67. The van der Waals surface area contributed by atoms with E-state index in [-0.39, 0.29) is 0 Å². The molecule has 1 aromatic heterocycles. The minimum Gasteiger partial charge on any atom is -0.490 e. The normalized spacial score (nSPS) is 11.0. The molecule has 0 unspecified atom stereocenters. The van der Waals surface area contributed by atoms with E-state index < -0.39 is 0 Å². The van der Waals surface area contributed by atoms with Crippen molar-refractivity contribution in [1.29, 1.82) is 0 Å². The Labute approximate surface area is 148 Å². The molecule has 0 fully saturated rings. The van der Waals surface area contributed by atoms with Gasteiger partial charge in [-0.3, -0.25) is 0 Å². The summed E-state index contributed by atoms with van der Waals surface area (Å²) in [5.74, 6) is 2.62. The summed E-state index contributed by atoms with van der Waals surface area (Å²) < 4.78 is 11.3. The number of aromatic nitrogens is 2. The average Bonchev–Trinajstić information content (AvgIpc) is 3.04. The molecular weight excluding hydrogens is 314 g/mol. The van der Waals surface area contributed by atoms with Crippen molar-refractivity contribution in [1.82, 2.24) is 15.3 Å². The smallest absolute Gasteiger partial charge is 0.161 e. The molecule has 25 heavy (non-hydrogen) atoms. The van der Waals surface area contributed by atoms with Crippen molar-refractivity contribution in [2.75, 3.05) is 19.8 Å². The van der Waals surface area contributed by atoms with Crippen LogP contribution in [0.5, 0.6) is 11.5 Å². The minimum atomic E-state index is 0.628.